The molecule has 1 aliphatic heterocycles. The number of rotatable bonds is 5. The molecule has 1 saturated heterocycles. The van der Waals surface area contributed by atoms with Crippen LogP contribution in [0.2, 0.25) is 0 Å². The summed E-state index contributed by atoms with van der Waals surface area (Å²) in [5.41, 5.74) is 2.61. The first kappa shape index (κ1) is 22.5. The zero-order chi connectivity index (χ0) is 22.6. The van der Waals surface area contributed by atoms with Crippen LogP contribution in [0.1, 0.15) is 24.5 Å². The number of anilines is 1. The lowest BCUT2D eigenvalue weighted by molar-refractivity contribution is -0.159. The Morgan fingerprint density at radius 1 is 1.13 bits per heavy atom. The van der Waals surface area contributed by atoms with Crippen LogP contribution in [0, 0.1) is 37.5 Å². The number of benzene rings is 1. The lowest BCUT2D eigenvalue weighted by Gasteiger charge is -2.28. The normalized spacial score (nSPS) is 32.2. The van der Waals surface area contributed by atoms with Crippen LogP contribution in [0.25, 0.3) is 0 Å². The smallest absolute Gasteiger partial charge is 0.329 e. The van der Waals surface area contributed by atoms with E-state index >= 15 is 0 Å². The monoisotopic (exact) mass is 554 g/mol. The first-order valence-corrected chi connectivity index (χ1v) is 12.1. The Kier molecular flexibility index (Phi) is 6.02. The number of amides is 3. The zero-order valence-corrected chi connectivity index (χ0v) is 20.6. The van der Waals surface area contributed by atoms with Crippen molar-refractivity contribution in [1.82, 2.24) is 4.90 Å². The van der Waals surface area contributed by atoms with Crippen LogP contribution < -0.4 is 5.32 Å². The zero-order valence-electron chi connectivity index (χ0n) is 17.4. The molecular weight excluding hydrogens is 532 g/mol. The number of carbonyl (C=O) groups is 4. The van der Waals surface area contributed by atoms with Crippen molar-refractivity contribution >= 4 is 61.2 Å². The minimum absolute atomic E-state index is 0.0763. The molecule has 1 aromatic rings. The minimum Gasteiger partial charge on any atom is -0.454 e. The molecule has 0 unspecified atom stereocenters. The summed E-state index contributed by atoms with van der Waals surface area (Å²) in [7, 11) is 0. The van der Waals surface area contributed by atoms with Gasteiger partial charge in [0.25, 0.3) is 5.91 Å². The highest BCUT2D eigenvalue weighted by molar-refractivity contribution is 9.12. The maximum Gasteiger partial charge on any atom is 0.329 e. The van der Waals surface area contributed by atoms with Crippen LogP contribution in [0.4, 0.5) is 5.69 Å². The van der Waals surface area contributed by atoms with E-state index in [1.54, 1.807) is 6.07 Å². The van der Waals surface area contributed by atoms with Crippen LogP contribution >= 0.6 is 31.9 Å². The van der Waals surface area contributed by atoms with Gasteiger partial charge >= 0.3 is 5.97 Å². The Labute approximate surface area is 197 Å². The second-order valence-electron chi connectivity index (χ2n) is 8.63. The van der Waals surface area contributed by atoms with Crippen molar-refractivity contribution in [2.75, 3.05) is 11.9 Å². The van der Waals surface area contributed by atoms with Crippen LogP contribution in [0.15, 0.2) is 18.2 Å². The maximum atomic E-state index is 13.0. The van der Waals surface area contributed by atoms with E-state index in [0.29, 0.717) is 5.69 Å². The molecule has 2 aliphatic carbocycles. The van der Waals surface area contributed by atoms with E-state index in [0.717, 1.165) is 22.4 Å². The van der Waals surface area contributed by atoms with Crippen LogP contribution in [-0.4, -0.2) is 50.9 Å². The first-order chi connectivity index (χ1) is 14.6. The van der Waals surface area contributed by atoms with Gasteiger partial charge in [-0.2, -0.15) is 0 Å². The number of carbonyl (C=O) groups excluding carboxylic acids is 4. The first-order valence-electron chi connectivity index (χ1n) is 10.3. The Balaban J connectivity index is 1.38. The molecule has 4 rings (SSSR count). The van der Waals surface area contributed by atoms with E-state index in [9.17, 15) is 19.2 Å². The van der Waals surface area contributed by atoms with E-state index in [-0.39, 0.29) is 33.3 Å². The van der Waals surface area contributed by atoms with E-state index in [4.69, 9.17) is 4.74 Å². The molecule has 7 atom stereocenters. The molecule has 2 saturated carbocycles. The number of nitrogens with zero attached hydrogens (tertiary/aromatic N) is 1. The molecule has 9 heteroatoms. The maximum absolute atomic E-state index is 13.0. The summed E-state index contributed by atoms with van der Waals surface area (Å²) in [6, 6.07) is 4.47. The van der Waals surface area contributed by atoms with Gasteiger partial charge in [0, 0.05) is 15.3 Å². The Morgan fingerprint density at radius 3 is 2.29 bits per heavy atom. The van der Waals surface area contributed by atoms with Crippen molar-refractivity contribution in [3.05, 3.63) is 29.3 Å². The lowest BCUT2D eigenvalue weighted by Crippen LogP contribution is -2.45. The van der Waals surface area contributed by atoms with Gasteiger partial charge in [-0.25, -0.2) is 4.79 Å². The largest absolute Gasteiger partial charge is 0.454 e. The summed E-state index contributed by atoms with van der Waals surface area (Å²) in [6.45, 7) is 4.81. The number of hydrogen-bond donors (Lipinski definition) is 1. The third kappa shape index (κ3) is 3.63. The number of aryl methyl sites for hydroxylation is 1. The quantitative estimate of drug-likeness (QED) is 0.342. The van der Waals surface area contributed by atoms with Gasteiger partial charge in [-0.3, -0.25) is 19.3 Å². The number of halogens is 2. The average molecular weight is 556 g/mol. The third-order valence-electron chi connectivity index (χ3n) is 6.97. The SMILES string of the molecule is Cc1cccc(NC(=O)COC(=O)[C@H](C)N2C(=O)[C@@H]3[C@H]4C[C@@H]([C@@H](Br)[C@H]4Br)[C@H]3C2=O)c1C. The second-order valence-corrected chi connectivity index (χ2v) is 10.7. The fraction of sp³-hybridized carbons (Fsp3) is 0.545. The molecule has 166 valence electrons. The van der Waals surface area contributed by atoms with Crippen LogP contribution in [0.3, 0.4) is 0 Å². The summed E-state index contributed by atoms with van der Waals surface area (Å²) in [4.78, 5) is 52.1. The fourth-order valence-electron chi connectivity index (χ4n) is 5.19. The average Bonchev–Trinajstić information content (AvgIpc) is 3.34. The van der Waals surface area contributed by atoms with Crippen LogP contribution in [-0.2, 0) is 23.9 Å². The number of nitrogens with one attached hydrogen (secondary N) is 1. The highest BCUT2D eigenvalue weighted by Crippen LogP contribution is 2.60. The number of hydrogen-bond acceptors (Lipinski definition) is 5. The van der Waals surface area contributed by atoms with Crippen LogP contribution in [0.5, 0.6) is 0 Å². The van der Waals surface area contributed by atoms with E-state index in [1.807, 2.05) is 26.0 Å². The molecule has 31 heavy (non-hydrogen) atoms. The van der Waals surface area contributed by atoms with Crippen molar-refractivity contribution in [3.8, 4) is 0 Å². The molecule has 1 aromatic carbocycles. The molecule has 3 aliphatic rings. The van der Waals surface area contributed by atoms with Gasteiger partial charge in [0.1, 0.15) is 6.04 Å². The summed E-state index contributed by atoms with van der Waals surface area (Å²) >= 11 is 7.29. The molecule has 2 bridgehead atoms. The molecule has 0 spiro atoms. The number of alkyl halides is 2. The Hall–Kier alpha value is -1.74. The topological polar surface area (TPSA) is 92.8 Å². The van der Waals surface area contributed by atoms with Crippen molar-refractivity contribution in [3.63, 3.8) is 0 Å². The van der Waals surface area contributed by atoms with Gasteiger partial charge in [-0.15, -0.1) is 0 Å². The Morgan fingerprint density at radius 2 is 1.71 bits per heavy atom. The molecule has 3 amide bonds. The highest BCUT2D eigenvalue weighted by Gasteiger charge is 2.67. The van der Waals surface area contributed by atoms with Crippen molar-refractivity contribution in [2.45, 2.75) is 42.9 Å². The van der Waals surface area contributed by atoms with Gasteiger partial charge in [0.05, 0.1) is 11.8 Å². The lowest BCUT2D eigenvalue weighted by atomic mass is 9.81. The Bertz CT molecular complexity index is 935. The van der Waals surface area contributed by atoms with E-state index < -0.39 is 36.4 Å². The van der Waals surface area contributed by atoms with Gasteiger partial charge in [0.2, 0.25) is 11.8 Å². The van der Waals surface area contributed by atoms with E-state index in [1.165, 1.54) is 6.92 Å². The summed E-state index contributed by atoms with van der Waals surface area (Å²) in [5.74, 6) is -2.49. The van der Waals surface area contributed by atoms with Gasteiger partial charge in [-0.05, 0) is 56.2 Å². The molecule has 1 heterocycles. The molecule has 3 fully saturated rings. The predicted molar refractivity (Wildman–Crippen MR) is 121 cm³/mol. The summed E-state index contributed by atoms with van der Waals surface area (Å²) < 4.78 is 5.14. The van der Waals surface area contributed by atoms with Crippen molar-refractivity contribution in [2.24, 2.45) is 23.7 Å². The molecular formula is C22H24Br2N2O5. The standard InChI is InChI=1S/C22H24Br2N2O5/c1-9-5-4-6-14(10(9)2)25-15(27)8-31-22(30)11(3)26-20(28)16-12-7-13(17(16)21(26)29)19(24)18(12)23/h4-6,11-13,16-19H,7-8H2,1-3H3,(H,25,27)/t11-,12+,13+,16+,17+,18-,19+/m0/s1. The molecule has 0 aromatic heterocycles. The number of esters is 1. The number of likely N-dealkylation sites (tertiary alicyclic amines) is 1. The number of imide groups is 1. The summed E-state index contributed by atoms with van der Waals surface area (Å²) in [5, 5.41) is 2.72. The third-order valence-corrected chi connectivity index (χ3v) is 10.2. The van der Waals surface area contributed by atoms with Gasteiger partial charge in [-0.1, -0.05) is 44.0 Å². The fourth-order valence-corrected chi connectivity index (χ4v) is 7.06. The summed E-state index contributed by atoms with van der Waals surface area (Å²) in [6.07, 6.45) is 0.823. The predicted octanol–water partition coefficient (Wildman–Crippen LogP) is 2.95. The molecule has 7 nitrogen and oxygen atoms in total. The highest BCUT2D eigenvalue weighted by atomic mass is 79.9. The van der Waals surface area contributed by atoms with Crippen molar-refractivity contribution < 1.29 is 23.9 Å². The molecule has 0 radical (unpaired) electrons. The van der Waals surface area contributed by atoms with Gasteiger partial charge in [0.15, 0.2) is 6.61 Å². The molecule has 1 N–H and O–H groups in total. The number of ether oxygens (including phenoxy) is 1. The van der Waals surface area contributed by atoms with Gasteiger partial charge < -0.3 is 10.1 Å². The number of fused-ring (bicyclic) bond motifs is 5. The van der Waals surface area contributed by atoms with E-state index in [2.05, 4.69) is 37.2 Å². The minimum atomic E-state index is -1.07. The second kappa shape index (κ2) is 8.31. The van der Waals surface area contributed by atoms with Crippen molar-refractivity contribution in [1.29, 1.82) is 0 Å².